The van der Waals surface area contributed by atoms with Crippen molar-refractivity contribution in [2.75, 3.05) is 7.11 Å². The Bertz CT molecular complexity index is 713. The van der Waals surface area contributed by atoms with Crippen LogP contribution >= 0.6 is 11.6 Å². The fourth-order valence-corrected chi connectivity index (χ4v) is 2.63. The first-order valence-corrected chi connectivity index (χ1v) is 7.85. The van der Waals surface area contributed by atoms with Gasteiger partial charge < -0.3 is 9.64 Å². The fraction of sp³-hybridized carbons (Fsp3) is 0.278. The first-order chi connectivity index (χ1) is 11.1. The highest BCUT2D eigenvalue weighted by Gasteiger charge is 2.33. The average molecular weight is 334 g/mol. The molecule has 0 aliphatic heterocycles. The van der Waals surface area contributed by atoms with Crippen molar-refractivity contribution in [2.24, 2.45) is 0 Å². The lowest BCUT2D eigenvalue weighted by molar-refractivity contribution is 0.0729. The fourth-order valence-electron chi connectivity index (χ4n) is 2.50. The summed E-state index contributed by atoms with van der Waals surface area (Å²) in [4.78, 5) is 14.5. The van der Waals surface area contributed by atoms with Crippen LogP contribution < -0.4 is 4.74 Å². The Morgan fingerprint density at radius 1 is 1.26 bits per heavy atom. The van der Waals surface area contributed by atoms with Gasteiger partial charge in [0.1, 0.15) is 0 Å². The Balaban J connectivity index is 1.81. The van der Waals surface area contributed by atoms with Crippen LogP contribution in [-0.4, -0.2) is 24.0 Å². The standard InChI is InChI=1S/C18H17ClFNO2/c1-23-17-9-4-13(10-16(17)20)18(22)21(15-7-8-15)11-12-2-5-14(19)6-3-12/h2-6,9-10,15H,7-8,11H2,1H3. The Morgan fingerprint density at radius 2 is 1.96 bits per heavy atom. The Labute approximate surface area is 139 Å². The van der Waals surface area contributed by atoms with E-state index in [1.807, 2.05) is 12.1 Å². The summed E-state index contributed by atoms with van der Waals surface area (Å²) in [6, 6.07) is 12.0. The molecular weight excluding hydrogens is 317 g/mol. The SMILES string of the molecule is COc1ccc(C(=O)N(Cc2ccc(Cl)cc2)C2CC2)cc1F. The van der Waals surface area contributed by atoms with E-state index in [2.05, 4.69) is 0 Å². The Kier molecular flexibility index (Phi) is 4.53. The molecule has 0 bridgehead atoms. The van der Waals surface area contributed by atoms with E-state index in [4.69, 9.17) is 16.3 Å². The Hall–Kier alpha value is -2.07. The highest BCUT2D eigenvalue weighted by atomic mass is 35.5. The molecule has 0 N–H and O–H groups in total. The largest absolute Gasteiger partial charge is 0.494 e. The highest BCUT2D eigenvalue weighted by Crippen LogP contribution is 2.30. The lowest BCUT2D eigenvalue weighted by atomic mass is 10.1. The monoisotopic (exact) mass is 333 g/mol. The van der Waals surface area contributed by atoms with Crippen molar-refractivity contribution in [3.05, 3.63) is 64.4 Å². The van der Waals surface area contributed by atoms with Gasteiger partial charge in [-0.3, -0.25) is 4.79 Å². The van der Waals surface area contributed by atoms with Crippen molar-refractivity contribution in [1.82, 2.24) is 4.90 Å². The summed E-state index contributed by atoms with van der Waals surface area (Å²) in [5.74, 6) is -0.554. The first kappa shape index (κ1) is 15.8. The maximum Gasteiger partial charge on any atom is 0.254 e. The third kappa shape index (κ3) is 3.64. The third-order valence-corrected chi connectivity index (χ3v) is 4.17. The molecule has 1 amide bonds. The number of ether oxygens (including phenoxy) is 1. The van der Waals surface area contributed by atoms with Crippen molar-refractivity contribution in [2.45, 2.75) is 25.4 Å². The minimum absolute atomic E-state index is 0.136. The molecule has 2 aromatic rings. The van der Waals surface area contributed by atoms with Crippen LogP contribution in [0.2, 0.25) is 5.02 Å². The van der Waals surface area contributed by atoms with Crippen molar-refractivity contribution in [3.63, 3.8) is 0 Å². The minimum atomic E-state index is -0.527. The molecule has 120 valence electrons. The van der Waals surface area contributed by atoms with Gasteiger partial charge in [0.05, 0.1) is 7.11 Å². The van der Waals surface area contributed by atoms with Crippen LogP contribution in [-0.2, 0) is 6.54 Å². The number of amides is 1. The van der Waals surface area contributed by atoms with E-state index in [1.165, 1.54) is 19.2 Å². The molecule has 2 aromatic carbocycles. The maximum absolute atomic E-state index is 13.9. The van der Waals surface area contributed by atoms with Gasteiger partial charge in [-0.05, 0) is 48.7 Å². The molecule has 3 nitrogen and oxygen atoms in total. The zero-order valence-corrected chi connectivity index (χ0v) is 13.5. The lowest BCUT2D eigenvalue weighted by Gasteiger charge is -2.23. The van der Waals surface area contributed by atoms with Crippen LogP contribution in [0, 0.1) is 5.82 Å². The molecule has 23 heavy (non-hydrogen) atoms. The zero-order chi connectivity index (χ0) is 16.4. The predicted octanol–water partition coefficient (Wildman–Crippen LogP) is 4.29. The topological polar surface area (TPSA) is 29.5 Å². The normalized spacial score (nSPS) is 13.7. The summed E-state index contributed by atoms with van der Waals surface area (Å²) < 4.78 is 18.7. The average Bonchev–Trinajstić information content (AvgIpc) is 3.38. The van der Waals surface area contributed by atoms with Crippen LogP contribution in [0.4, 0.5) is 4.39 Å². The quantitative estimate of drug-likeness (QED) is 0.816. The molecule has 1 fully saturated rings. The minimum Gasteiger partial charge on any atom is -0.494 e. The molecule has 1 aliphatic carbocycles. The van der Waals surface area contributed by atoms with Crippen molar-refractivity contribution in [3.8, 4) is 5.75 Å². The molecule has 1 saturated carbocycles. The van der Waals surface area contributed by atoms with E-state index < -0.39 is 5.82 Å². The van der Waals surface area contributed by atoms with Gasteiger partial charge in [-0.2, -0.15) is 0 Å². The molecule has 0 radical (unpaired) electrons. The maximum atomic E-state index is 13.9. The summed E-state index contributed by atoms with van der Waals surface area (Å²) in [6.45, 7) is 0.494. The second-order valence-corrected chi connectivity index (χ2v) is 6.08. The van der Waals surface area contributed by atoms with Gasteiger partial charge in [-0.25, -0.2) is 4.39 Å². The molecule has 3 rings (SSSR count). The second-order valence-electron chi connectivity index (χ2n) is 5.64. The number of carbonyl (C=O) groups excluding carboxylic acids is 1. The zero-order valence-electron chi connectivity index (χ0n) is 12.8. The summed E-state index contributed by atoms with van der Waals surface area (Å²) in [7, 11) is 1.40. The number of rotatable bonds is 5. The molecule has 0 unspecified atom stereocenters. The third-order valence-electron chi connectivity index (χ3n) is 3.91. The van der Waals surface area contributed by atoms with E-state index in [-0.39, 0.29) is 17.7 Å². The van der Waals surface area contributed by atoms with Crippen molar-refractivity contribution >= 4 is 17.5 Å². The molecule has 0 heterocycles. The van der Waals surface area contributed by atoms with Crippen LogP contribution in [0.3, 0.4) is 0 Å². The van der Waals surface area contributed by atoms with E-state index in [0.717, 1.165) is 18.4 Å². The van der Waals surface area contributed by atoms with E-state index >= 15 is 0 Å². The van der Waals surface area contributed by atoms with Crippen LogP contribution in [0.5, 0.6) is 5.75 Å². The first-order valence-electron chi connectivity index (χ1n) is 7.47. The van der Waals surface area contributed by atoms with E-state index in [0.29, 0.717) is 17.1 Å². The van der Waals surface area contributed by atoms with Gasteiger partial charge in [0, 0.05) is 23.2 Å². The van der Waals surface area contributed by atoms with Crippen molar-refractivity contribution < 1.29 is 13.9 Å². The molecule has 0 saturated heterocycles. The summed E-state index contributed by atoms with van der Waals surface area (Å²) in [5.41, 5.74) is 1.34. The number of halogens is 2. The second kappa shape index (κ2) is 6.59. The molecule has 0 atom stereocenters. The summed E-state index contributed by atoms with van der Waals surface area (Å²) >= 11 is 5.89. The smallest absolute Gasteiger partial charge is 0.254 e. The van der Waals surface area contributed by atoms with Gasteiger partial charge in [-0.1, -0.05) is 23.7 Å². The van der Waals surface area contributed by atoms with Gasteiger partial charge in [-0.15, -0.1) is 0 Å². The number of hydrogen-bond donors (Lipinski definition) is 0. The van der Waals surface area contributed by atoms with Crippen LogP contribution in [0.25, 0.3) is 0 Å². The number of benzene rings is 2. The van der Waals surface area contributed by atoms with Gasteiger partial charge in [0.15, 0.2) is 11.6 Å². The molecule has 0 spiro atoms. The highest BCUT2D eigenvalue weighted by molar-refractivity contribution is 6.30. The van der Waals surface area contributed by atoms with Gasteiger partial charge in [0.25, 0.3) is 5.91 Å². The van der Waals surface area contributed by atoms with Gasteiger partial charge in [0.2, 0.25) is 0 Å². The number of carbonyl (C=O) groups is 1. The van der Waals surface area contributed by atoms with Crippen LogP contribution in [0.15, 0.2) is 42.5 Å². The van der Waals surface area contributed by atoms with E-state index in [1.54, 1.807) is 23.1 Å². The van der Waals surface area contributed by atoms with Crippen LogP contribution in [0.1, 0.15) is 28.8 Å². The van der Waals surface area contributed by atoms with Crippen molar-refractivity contribution in [1.29, 1.82) is 0 Å². The number of methoxy groups -OCH3 is 1. The predicted molar refractivity (Wildman–Crippen MR) is 87.3 cm³/mol. The number of nitrogens with zero attached hydrogens (tertiary/aromatic N) is 1. The Morgan fingerprint density at radius 3 is 2.52 bits per heavy atom. The molecular formula is C18H17ClFNO2. The molecule has 5 heteroatoms. The molecule has 1 aliphatic rings. The molecule has 0 aromatic heterocycles. The van der Waals surface area contributed by atoms with E-state index in [9.17, 15) is 9.18 Å². The summed E-state index contributed by atoms with van der Waals surface area (Å²) in [5, 5.41) is 0.662. The number of hydrogen-bond acceptors (Lipinski definition) is 2. The summed E-state index contributed by atoms with van der Waals surface area (Å²) in [6.07, 6.45) is 1.97. The lowest BCUT2D eigenvalue weighted by Crippen LogP contribution is -2.32. The van der Waals surface area contributed by atoms with Gasteiger partial charge >= 0.3 is 0 Å².